The zero-order valence-corrected chi connectivity index (χ0v) is 16.4. The zero-order valence-electron chi connectivity index (χ0n) is 15.5. The standard InChI is InChI=1S/C18H25N7OS/c1-2-23-9-11-24(12-10-23)15-5-3-14(4-6-15)19-17(26)13-27-18-20-21-22-25(18)16-7-8-16/h3-6,16H,2,7-13H2,1H3,(H,19,26). The fourth-order valence-corrected chi connectivity index (χ4v) is 3.98. The van der Waals surface area contributed by atoms with Crippen molar-refractivity contribution >= 4 is 29.0 Å². The quantitative estimate of drug-likeness (QED) is 0.727. The molecule has 2 heterocycles. The molecule has 1 N–H and O–H groups in total. The van der Waals surface area contributed by atoms with Gasteiger partial charge in [-0.15, -0.1) is 5.10 Å². The maximum atomic E-state index is 12.2. The molecule has 1 saturated carbocycles. The molecule has 0 radical (unpaired) electrons. The molecule has 0 spiro atoms. The van der Waals surface area contributed by atoms with Crippen molar-refractivity contribution in [3.63, 3.8) is 0 Å². The molecule has 2 aromatic rings. The van der Waals surface area contributed by atoms with Crippen LogP contribution >= 0.6 is 11.8 Å². The molecule has 9 heteroatoms. The molecular formula is C18H25N7OS. The minimum absolute atomic E-state index is 0.0466. The Hall–Kier alpha value is -2.13. The third-order valence-corrected chi connectivity index (χ3v) is 5.96. The molecule has 1 aromatic heterocycles. The van der Waals surface area contributed by atoms with Crippen LogP contribution in [-0.2, 0) is 4.79 Å². The van der Waals surface area contributed by atoms with Crippen LogP contribution < -0.4 is 10.2 Å². The molecule has 8 nitrogen and oxygen atoms in total. The molecule has 1 amide bonds. The van der Waals surface area contributed by atoms with Crippen molar-refractivity contribution in [2.45, 2.75) is 31.0 Å². The summed E-state index contributed by atoms with van der Waals surface area (Å²) in [6, 6.07) is 8.52. The third-order valence-electron chi connectivity index (χ3n) is 5.02. The lowest BCUT2D eigenvalue weighted by molar-refractivity contribution is -0.113. The van der Waals surface area contributed by atoms with Gasteiger partial charge in [0.05, 0.1) is 11.8 Å². The monoisotopic (exact) mass is 387 g/mol. The Morgan fingerprint density at radius 2 is 1.93 bits per heavy atom. The van der Waals surface area contributed by atoms with Gasteiger partial charge in [-0.25, -0.2) is 4.68 Å². The molecule has 1 aromatic carbocycles. The molecule has 4 rings (SSSR count). The highest BCUT2D eigenvalue weighted by Gasteiger charge is 2.28. The van der Waals surface area contributed by atoms with E-state index in [9.17, 15) is 4.79 Å². The molecule has 0 bridgehead atoms. The van der Waals surface area contributed by atoms with Crippen molar-refractivity contribution in [2.24, 2.45) is 0 Å². The summed E-state index contributed by atoms with van der Waals surface area (Å²) < 4.78 is 1.82. The van der Waals surface area contributed by atoms with Gasteiger partial charge in [-0.05, 0) is 54.1 Å². The summed E-state index contributed by atoms with van der Waals surface area (Å²) >= 11 is 1.38. The second-order valence-electron chi connectivity index (χ2n) is 6.94. The maximum absolute atomic E-state index is 12.2. The molecule has 2 aliphatic rings. The number of piperazine rings is 1. The third kappa shape index (κ3) is 4.59. The first-order valence-electron chi connectivity index (χ1n) is 9.51. The van der Waals surface area contributed by atoms with E-state index in [1.807, 2.05) is 16.8 Å². The number of likely N-dealkylation sites (N-methyl/N-ethyl adjacent to an activating group) is 1. The summed E-state index contributed by atoms with van der Waals surface area (Å²) in [5.41, 5.74) is 2.03. The van der Waals surface area contributed by atoms with E-state index < -0.39 is 0 Å². The van der Waals surface area contributed by atoms with E-state index in [0.29, 0.717) is 17.0 Å². The van der Waals surface area contributed by atoms with E-state index >= 15 is 0 Å². The Labute approximate surface area is 163 Å². The predicted molar refractivity (Wildman–Crippen MR) is 106 cm³/mol. The summed E-state index contributed by atoms with van der Waals surface area (Å²) in [6.07, 6.45) is 2.23. The van der Waals surface area contributed by atoms with E-state index in [1.54, 1.807) is 0 Å². The van der Waals surface area contributed by atoms with Crippen LogP contribution in [-0.4, -0.2) is 69.5 Å². The highest BCUT2D eigenvalue weighted by Crippen LogP contribution is 2.36. The van der Waals surface area contributed by atoms with E-state index in [1.165, 1.54) is 17.4 Å². The van der Waals surface area contributed by atoms with Gasteiger partial charge in [-0.3, -0.25) is 4.79 Å². The number of tetrazole rings is 1. The Kier molecular flexibility index (Phi) is 5.58. The lowest BCUT2D eigenvalue weighted by Gasteiger charge is -2.35. The highest BCUT2D eigenvalue weighted by molar-refractivity contribution is 7.99. The summed E-state index contributed by atoms with van der Waals surface area (Å²) in [5.74, 6) is 0.253. The minimum atomic E-state index is -0.0466. The maximum Gasteiger partial charge on any atom is 0.234 e. The van der Waals surface area contributed by atoms with Crippen molar-refractivity contribution in [2.75, 3.05) is 48.7 Å². The molecule has 1 aliphatic heterocycles. The van der Waals surface area contributed by atoms with Crippen molar-refractivity contribution in [3.05, 3.63) is 24.3 Å². The number of nitrogens with zero attached hydrogens (tertiary/aromatic N) is 6. The van der Waals surface area contributed by atoms with Gasteiger partial charge >= 0.3 is 0 Å². The fourth-order valence-electron chi connectivity index (χ4n) is 3.23. The predicted octanol–water partition coefficient (Wildman–Crippen LogP) is 1.88. The summed E-state index contributed by atoms with van der Waals surface area (Å²) in [7, 11) is 0. The van der Waals surface area contributed by atoms with Crippen LogP contribution in [0.5, 0.6) is 0 Å². The second-order valence-corrected chi connectivity index (χ2v) is 7.88. The second kappa shape index (κ2) is 8.26. The lowest BCUT2D eigenvalue weighted by atomic mass is 10.2. The van der Waals surface area contributed by atoms with Gasteiger partial charge in [0.1, 0.15) is 0 Å². The number of carbonyl (C=O) groups is 1. The largest absolute Gasteiger partial charge is 0.369 e. The van der Waals surface area contributed by atoms with E-state index in [2.05, 4.69) is 49.7 Å². The van der Waals surface area contributed by atoms with Crippen LogP contribution in [0.4, 0.5) is 11.4 Å². The van der Waals surface area contributed by atoms with E-state index in [4.69, 9.17) is 0 Å². The number of aromatic nitrogens is 4. The van der Waals surface area contributed by atoms with Gasteiger partial charge in [-0.2, -0.15) is 0 Å². The van der Waals surface area contributed by atoms with Gasteiger partial charge in [0.25, 0.3) is 0 Å². The van der Waals surface area contributed by atoms with Crippen LogP contribution in [0.2, 0.25) is 0 Å². The first-order valence-corrected chi connectivity index (χ1v) is 10.5. The topological polar surface area (TPSA) is 79.2 Å². The SMILES string of the molecule is CCN1CCN(c2ccc(NC(=O)CSc3nnnn3C3CC3)cc2)CC1. The molecule has 2 fully saturated rings. The van der Waals surface area contributed by atoms with Gasteiger partial charge < -0.3 is 15.1 Å². The number of nitrogens with one attached hydrogen (secondary N) is 1. The molecule has 1 saturated heterocycles. The Morgan fingerprint density at radius 3 is 2.59 bits per heavy atom. The number of anilines is 2. The number of thioether (sulfide) groups is 1. The van der Waals surface area contributed by atoms with Crippen LogP contribution in [0, 0.1) is 0 Å². The average molecular weight is 388 g/mol. The van der Waals surface area contributed by atoms with E-state index in [-0.39, 0.29) is 5.91 Å². The first-order chi connectivity index (χ1) is 13.2. The Morgan fingerprint density at radius 1 is 1.19 bits per heavy atom. The highest BCUT2D eigenvalue weighted by atomic mass is 32.2. The van der Waals surface area contributed by atoms with Crippen LogP contribution in [0.25, 0.3) is 0 Å². The number of hydrogen-bond acceptors (Lipinski definition) is 7. The molecule has 1 aliphatic carbocycles. The number of hydrogen-bond donors (Lipinski definition) is 1. The number of rotatable bonds is 7. The van der Waals surface area contributed by atoms with E-state index in [0.717, 1.165) is 51.3 Å². The fraction of sp³-hybridized carbons (Fsp3) is 0.556. The van der Waals surface area contributed by atoms with Crippen LogP contribution in [0.15, 0.2) is 29.4 Å². The molecule has 144 valence electrons. The summed E-state index contributed by atoms with van der Waals surface area (Å²) in [5, 5.41) is 15.4. The van der Waals surface area contributed by atoms with Gasteiger partial charge in [-0.1, -0.05) is 18.7 Å². The van der Waals surface area contributed by atoms with Crippen molar-refractivity contribution in [3.8, 4) is 0 Å². The zero-order chi connectivity index (χ0) is 18.6. The van der Waals surface area contributed by atoms with Crippen molar-refractivity contribution in [1.29, 1.82) is 0 Å². The first kappa shape index (κ1) is 18.2. The van der Waals surface area contributed by atoms with Crippen molar-refractivity contribution in [1.82, 2.24) is 25.1 Å². The molecule has 0 atom stereocenters. The Balaban J connectivity index is 1.26. The number of carbonyl (C=O) groups excluding carboxylic acids is 1. The van der Waals surface area contributed by atoms with Gasteiger partial charge in [0.2, 0.25) is 11.1 Å². The number of amides is 1. The summed E-state index contributed by atoms with van der Waals surface area (Å²) in [6.45, 7) is 7.62. The van der Waals surface area contributed by atoms with Crippen LogP contribution in [0.1, 0.15) is 25.8 Å². The lowest BCUT2D eigenvalue weighted by Crippen LogP contribution is -2.46. The van der Waals surface area contributed by atoms with Gasteiger partial charge in [0.15, 0.2) is 0 Å². The summed E-state index contributed by atoms with van der Waals surface area (Å²) in [4.78, 5) is 17.1. The normalized spacial score (nSPS) is 17.9. The smallest absolute Gasteiger partial charge is 0.234 e. The minimum Gasteiger partial charge on any atom is -0.369 e. The van der Waals surface area contributed by atoms with Crippen molar-refractivity contribution < 1.29 is 4.79 Å². The number of benzene rings is 1. The van der Waals surface area contributed by atoms with Gasteiger partial charge in [0, 0.05) is 37.6 Å². The van der Waals surface area contributed by atoms with Crippen LogP contribution in [0.3, 0.4) is 0 Å². The molecule has 0 unspecified atom stereocenters. The molecular weight excluding hydrogens is 362 g/mol. The molecule has 27 heavy (non-hydrogen) atoms. The Bertz CT molecular complexity index is 766. The average Bonchev–Trinajstić information content (AvgIpc) is 3.45.